The van der Waals surface area contributed by atoms with Crippen LogP contribution < -0.4 is 16.8 Å². The lowest BCUT2D eigenvalue weighted by atomic mass is 10.1. The third kappa shape index (κ3) is 2.61. The fourth-order valence-electron chi connectivity index (χ4n) is 1.77. The van der Waals surface area contributed by atoms with Crippen LogP contribution in [0.2, 0.25) is 0 Å². The van der Waals surface area contributed by atoms with Crippen molar-refractivity contribution in [3.8, 4) is 0 Å². The van der Waals surface area contributed by atoms with E-state index in [1.165, 1.54) is 0 Å². The molecule has 1 heterocycles. The summed E-state index contributed by atoms with van der Waals surface area (Å²) in [6.45, 7) is 0.290. The van der Waals surface area contributed by atoms with Crippen molar-refractivity contribution in [1.82, 2.24) is 10.3 Å². The first-order valence-corrected chi connectivity index (χ1v) is 6.44. The molecule has 5 N–H and O–H groups in total. The van der Waals surface area contributed by atoms with Crippen molar-refractivity contribution in [2.75, 3.05) is 18.5 Å². The SMILES string of the molecule is CNCc1cc(F)c(C(=O)c2sc(N)nc2N)c(F)c1. The normalized spacial score (nSPS) is 10.8. The van der Waals surface area contributed by atoms with E-state index in [2.05, 4.69) is 10.3 Å². The lowest BCUT2D eigenvalue weighted by Gasteiger charge is -2.06. The first kappa shape index (κ1) is 14.4. The summed E-state index contributed by atoms with van der Waals surface area (Å²) in [5.74, 6) is -2.86. The zero-order valence-electron chi connectivity index (χ0n) is 10.5. The number of hydrogen-bond donors (Lipinski definition) is 3. The van der Waals surface area contributed by atoms with Crippen molar-refractivity contribution in [3.63, 3.8) is 0 Å². The maximum atomic E-state index is 13.9. The minimum atomic E-state index is -0.938. The number of nitrogen functional groups attached to an aromatic ring is 2. The number of aromatic nitrogens is 1. The molecule has 106 valence electrons. The molecule has 0 aliphatic rings. The fraction of sp³-hybridized carbons (Fsp3) is 0.167. The van der Waals surface area contributed by atoms with Crippen LogP contribution in [0.15, 0.2) is 12.1 Å². The maximum Gasteiger partial charge on any atom is 0.212 e. The van der Waals surface area contributed by atoms with Crippen LogP contribution in [-0.2, 0) is 6.54 Å². The molecular formula is C12H12F2N4OS. The van der Waals surface area contributed by atoms with Gasteiger partial charge in [0.1, 0.15) is 22.3 Å². The van der Waals surface area contributed by atoms with E-state index in [4.69, 9.17) is 11.5 Å². The Hall–Kier alpha value is -2.06. The van der Waals surface area contributed by atoms with Crippen LogP contribution in [-0.4, -0.2) is 17.8 Å². The lowest BCUT2D eigenvalue weighted by Crippen LogP contribution is -2.11. The molecule has 5 nitrogen and oxygen atoms in total. The van der Waals surface area contributed by atoms with Crippen molar-refractivity contribution < 1.29 is 13.6 Å². The standard InChI is InChI=1S/C12H12F2N4OS/c1-17-4-5-2-6(13)8(7(14)3-5)9(19)10-11(15)18-12(16)20-10/h2-3,17H,4,15H2,1H3,(H2,16,18). The number of carbonyl (C=O) groups is 1. The quantitative estimate of drug-likeness (QED) is 0.744. The maximum absolute atomic E-state index is 13.9. The van der Waals surface area contributed by atoms with E-state index in [0.29, 0.717) is 5.56 Å². The highest BCUT2D eigenvalue weighted by atomic mass is 32.1. The highest BCUT2D eigenvalue weighted by Gasteiger charge is 2.24. The van der Waals surface area contributed by atoms with Crippen LogP contribution in [0.5, 0.6) is 0 Å². The summed E-state index contributed by atoms with van der Waals surface area (Å²) in [7, 11) is 1.65. The summed E-state index contributed by atoms with van der Waals surface area (Å²) in [4.78, 5) is 15.7. The summed E-state index contributed by atoms with van der Waals surface area (Å²) >= 11 is 0.796. The van der Waals surface area contributed by atoms with E-state index in [0.717, 1.165) is 23.5 Å². The third-order valence-electron chi connectivity index (χ3n) is 2.59. The number of hydrogen-bond acceptors (Lipinski definition) is 6. The van der Waals surface area contributed by atoms with Gasteiger partial charge in [-0.1, -0.05) is 11.3 Å². The molecule has 0 bridgehead atoms. The van der Waals surface area contributed by atoms with Gasteiger partial charge in [-0.05, 0) is 24.7 Å². The molecule has 2 rings (SSSR count). The van der Waals surface area contributed by atoms with Gasteiger partial charge in [0.05, 0.1) is 5.56 Å². The predicted molar refractivity (Wildman–Crippen MR) is 73.5 cm³/mol. The topological polar surface area (TPSA) is 94.0 Å². The Morgan fingerprint density at radius 1 is 1.35 bits per heavy atom. The number of nitrogens with zero attached hydrogens (tertiary/aromatic N) is 1. The molecule has 1 aromatic heterocycles. The van der Waals surface area contributed by atoms with Crippen molar-refractivity contribution >= 4 is 28.1 Å². The van der Waals surface area contributed by atoms with E-state index < -0.39 is 23.0 Å². The van der Waals surface area contributed by atoms with Gasteiger partial charge in [-0.3, -0.25) is 4.79 Å². The summed E-state index contributed by atoms with van der Waals surface area (Å²) in [6, 6.07) is 2.21. The summed E-state index contributed by atoms with van der Waals surface area (Å²) in [5.41, 5.74) is 10.7. The molecule has 20 heavy (non-hydrogen) atoms. The van der Waals surface area contributed by atoms with E-state index in [-0.39, 0.29) is 22.4 Å². The second kappa shape index (κ2) is 5.51. The first-order chi connectivity index (χ1) is 9.43. The molecule has 0 aliphatic carbocycles. The van der Waals surface area contributed by atoms with Crippen molar-refractivity contribution in [1.29, 1.82) is 0 Å². The first-order valence-electron chi connectivity index (χ1n) is 5.63. The molecule has 0 saturated carbocycles. The van der Waals surface area contributed by atoms with Crippen molar-refractivity contribution in [2.24, 2.45) is 0 Å². The van der Waals surface area contributed by atoms with Gasteiger partial charge in [-0.15, -0.1) is 0 Å². The van der Waals surface area contributed by atoms with E-state index in [9.17, 15) is 13.6 Å². The second-order valence-electron chi connectivity index (χ2n) is 4.06. The van der Waals surface area contributed by atoms with Gasteiger partial charge in [0.25, 0.3) is 0 Å². The summed E-state index contributed by atoms with van der Waals surface area (Å²) < 4.78 is 27.9. The molecule has 2 aromatic rings. The zero-order chi connectivity index (χ0) is 14.9. The number of nitrogens with two attached hydrogens (primary N) is 2. The monoisotopic (exact) mass is 298 g/mol. The van der Waals surface area contributed by atoms with Gasteiger partial charge in [0.15, 0.2) is 5.13 Å². The van der Waals surface area contributed by atoms with Crippen LogP contribution in [0.3, 0.4) is 0 Å². The number of rotatable bonds is 4. The fourth-order valence-corrected chi connectivity index (χ4v) is 2.47. The smallest absolute Gasteiger partial charge is 0.212 e. The summed E-state index contributed by atoms with van der Waals surface area (Å²) in [6.07, 6.45) is 0. The minimum Gasteiger partial charge on any atom is -0.382 e. The molecule has 0 amide bonds. The largest absolute Gasteiger partial charge is 0.382 e. The number of ketones is 1. The van der Waals surface area contributed by atoms with Crippen molar-refractivity contribution in [2.45, 2.75) is 6.54 Å². The highest BCUT2D eigenvalue weighted by molar-refractivity contribution is 7.18. The zero-order valence-corrected chi connectivity index (χ0v) is 11.4. The Labute approximate surface area is 117 Å². The van der Waals surface area contributed by atoms with E-state index in [1.807, 2.05) is 0 Å². The number of nitrogens with one attached hydrogen (secondary N) is 1. The average Bonchev–Trinajstić information content (AvgIpc) is 2.67. The third-order valence-corrected chi connectivity index (χ3v) is 3.49. The van der Waals surface area contributed by atoms with Crippen LogP contribution in [0, 0.1) is 11.6 Å². The molecule has 8 heteroatoms. The van der Waals surface area contributed by atoms with E-state index >= 15 is 0 Å². The van der Waals surface area contributed by atoms with Crippen LogP contribution in [0.4, 0.5) is 19.7 Å². The number of thiazole rings is 1. The molecule has 0 unspecified atom stereocenters. The van der Waals surface area contributed by atoms with Gasteiger partial charge in [-0.25, -0.2) is 13.8 Å². The van der Waals surface area contributed by atoms with Gasteiger partial charge < -0.3 is 16.8 Å². The Morgan fingerprint density at radius 2 is 1.95 bits per heavy atom. The molecule has 0 atom stereocenters. The number of halogens is 2. The number of carbonyl (C=O) groups excluding carboxylic acids is 1. The predicted octanol–water partition coefficient (Wildman–Crippen LogP) is 1.54. The van der Waals surface area contributed by atoms with Gasteiger partial charge in [0.2, 0.25) is 5.78 Å². The molecule has 0 aliphatic heterocycles. The van der Waals surface area contributed by atoms with Crippen LogP contribution in [0.1, 0.15) is 20.8 Å². The molecule has 0 saturated heterocycles. The molecule has 0 fully saturated rings. The molecular weight excluding hydrogens is 286 g/mol. The Morgan fingerprint density at radius 3 is 2.40 bits per heavy atom. The average molecular weight is 298 g/mol. The van der Waals surface area contributed by atoms with Gasteiger partial charge in [-0.2, -0.15) is 0 Å². The van der Waals surface area contributed by atoms with Gasteiger partial charge >= 0.3 is 0 Å². The highest BCUT2D eigenvalue weighted by Crippen LogP contribution is 2.27. The van der Waals surface area contributed by atoms with Crippen LogP contribution >= 0.6 is 11.3 Å². The molecule has 1 aromatic carbocycles. The number of benzene rings is 1. The second-order valence-corrected chi connectivity index (χ2v) is 5.09. The minimum absolute atomic E-state index is 0.0679. The summed E-state index contributed by atoms with van der Waals surface area (Å²) in [5, 5.41) is 2.84. The Bertz CT molecular complexity index is 648. The molecule has 0 spiro atoms. The Balaban J connectivity index is 2.47. The van der Waals surface area contributed by atoms with Crippen LogP contribution in [0.25, 0.3) is 0 Å². The Kier molecular flexibility index (Phi) is 3.96. The van der Waals surface area contributed by atoms with Crippen molar-refractivity contribution in [3.05, 3.63) is 39.8 Å². The lowest BCUT2D eigenvalue weighted by molar-refractivity contribution is 0.103. The number of anilines is 2. The molecule has 0 radical (unpaired) electrons. The van der Waals surface area contributed by atoms with E-state index in [1.54, 1.807) is 7.05 Å². The van der Waals surface area contributed by atoms with Gasteiger partial charge in [0, 0.05) is 6.54 Å².